The molecule has 25 heavy (non-hydrogen) atoms. The number of carbonyl (C=O) groups is 1. The summed E-state index contributed by atoms with van der Waals surface area (Å²) in [5.41, 5.74) is 2.88. The third-order valence-electron chi connectivity index (χ3n) is 4.61. The van der Waals surface area contributed by atoms with Crippen molar-refractivity contribution in [3.05, 3.63) is 27.8 Å². The Morgan fingerprint density at radius 1 is 1.48 bits per heavy atom. The fourth-order valence-corrected chi connectivity index (χ4v) is 4.01. The average Bonchev–Trinajstić information content (AvgIpc) is 3.21. The molecule has 6 nitrogen and oxygen atoms in total. The first-order valence-electron chi connectivity index (χ1n) is 9.02. The molecule has 2 aromatic rings. The van der Waals surface area contributed by atoms with Gasteiger partial charge in [-0.3, -0.25) is 4.79 Å². The summed E-state index contributed by atoms with van der Waals surface area (Å²) in [6, 6.07) is 0. The average molecular weight is 362 g/mol. The van der Waals surface area contributed by atoms with Gasteiger partial charge in [0, 0.05) is 30.8 Å². The monoisotopic (exact) mass is 362 g/mol. The molecule has 0 aliphatic carbocycles. The van der Waals surface area contributed by atoms with E-state index in [1.54, 1.807) is 11.3 Å². The van der Waals surface area contributed by atoms with Gasteiger partial charge in [-0.2, -0.15) is 4.98 Å². The second-order valence-electron chi connectivity index (χ2n) is 7.19. The van der Waals surface area contributed by atoms with E-state index in [0.29, 0.717) is 24.8 Å². The van der Waals surface area contributed by atoms with Gasteiger partial charge in [-0.15, -0.1) is 11.3 Å². The molecule has 1 aliphatic rings. The summed E-state index contributed by atoms with van der Waals surface area (Å²) in [7, 11) is 0. The maximum Gasteiger partial charge on any atom is 0.231 e. The fourth-order valence-electron chi connectivity index (χ4n) is 3.23. The fraction of sp³-hybridized carbons (Fsp3) is 0.667. The zero-order valence-electron chi connectivity index (χ0n) is 15.2. The third kappa shape index (κ3) is 4.66. The van der Waals surface area contributed by atoms with Gasteiger partial charge < -0.3 is 9.42 Å². The first-order chi connectivity index (χ1) is 12.0. The standard InChI is InChI=1S/C18H26N4O2S/c1-12(2)9-16-20-18(24-21-16)14-5-4-8-22(10-14)17(23)7-6-15-13(3)19-11-25-15/h11-12,14H,4-10H2,1-3H3. The van der Waals surface area contributed by atoms with E-state index < -0.39 is 0 Å². The number of thiazole rings is 1. The highest BCUT2D eigenvalue weighted by Gasteiger charge is 2.28. The van der Waals surface area contributed by atoms with Crippen LogP contribution in [0.3, 0.4) is 0 Å². The van der Waals surface area contributed by atoms with Crippen LogP contribution in [0.25, 0.3) is 0 Å². The summed E-state index contributed by atoms with van der Waals surface area (Å²) in [6.45, 7) is 7.79. The molecule has 0 spiro atoms. The van der Waals surface area contributed by atoms with E-state index in [-0.39, 0.29) is 11.8 Å². The Balaban J connectivity index is 1.56. The highest BCUT2D eigenvalue weighted by molar-refractivity contribution is 7.09. The molecular formula is C18H26N4O2S. The maximum atomic E-state index is 12.6. The van der Waals surface area contributed by atoms with E-state index in [4.69, 9.17) is 4.52 Å². The van der Waals surface area contributed by atoms with Crippen LogP contribution in [0.2, 0.25) is 0 Å². The Bertz CT molecular complexity index is 710. The van der Waals surface area contributed by atoms with Gasteiger partial charge in [-0.1, -0.05) is 19.0 Å². The second kappa shape index (κ2) is 8.08. The van der Waals surface area contributed by atoms with Crippen LogP contribution in [0.1, 0.15) is 61.3 Å². The molecule has 136 valence electrons. The molecule has 0 N–H and O–H groups in total. The molecule has 3 rings (SSSR count). The van der Waals surface area contributed by atoms with Crippen molar-refractivity contribution in [3.8, 4) is 0 Å². The van der Waals surface area contributed by atoms with E-state index in [2.05, 4.69) is 29.0 Å². The summed E-state index contributed by atoms with van der Waals surface area (Å²) < 4.78 is 5.46. The summed E-state index contributed by atoms with van der Waals surface area (Å²) in [6.07, 6.45) is 4.12. The van der Waals surface area contributed by atoms with Gasteiger partial charge >= 0.3 is 0 Å². The van der Waals surface area contributed by atoms with Gasteiger partial charge in [0.1, 0.15) is 0 Å². The largest absolute Gasteiger partial charge is 0.342 e. The topological polar surface area (TPSA) is 72.1 Å². The van der Waals surface area contributed by atoms with Crippen LogP contribution >= 0.6 is 11.3 Å². The highest BCUT2D eigenvalue weighted by atomic mass is 32.1. The number of rotatable bonds is 6. The van der Waals surface area contributed by atoms with Crippen LogP contribution in [0.5, 0.6) is 0 Å². The summed E-state index contributed by atoms with van der Waals surface area (Å²) in [5, 5.41) is 4.09. The molecule has 1 aliphatic heterocycles. The lowest BCUT2D eigenvalue weighted by Crippen LogP contribution is -2.39. The normalized spacial score (nSPS) is 18.1. The van der Waals surface area contributed by atoms with Crippen molar-refractivity contribution in [1.29, 1.82) is 0 Å². The second-order valence-corrected chi connectivity index (χ2v) is 8.13. The van der Waals surface area contributed by atoms with Crippen molar-refractivity contribution in [2.45, 2.75) is 58.8 Å². The Morgan fingerprint density at radius 3 is 3.04 bits per heavy atom. The third-order valence-corrected chi connectivity index (χ3v) is 5.60. The molecule has 1 fully saturated rings. The number of amides is 1. The Hall–Kier alpha value is -1.76. The number of aryl methyl sites for hydroxylation is 2. The summed E-state index contributed by atoms with van der Waals surface area (Å²) >= 11 is 1.63. The molecule has 1 amide bonds. The molecule has 2 aromatic heterocycles. The maximum absolute atomic E-state index is 12.6. The van der Waals surface area contributed by atoms with E-state index in [1.165, 1.54) is 4.88 Å². The SMILES string of the molecule is Cc1ncsc1CCC(=O)N1CCCC(c2nc(CC(C)C)no2)C1. The molecule has 7 heteroatoms. The lowest BCUT2D eigenvalue weighted by Gasteiger charge is -2.31. The van der Waals surface area contributed by atoms with E-state index in [0.717, 1.165) is 43.7 Å². The Kier molecular flexibility index (Phi) is 5.83. The van der Waals surface area contributed by atoms with Crippen LogP contribution in [0, 0.1) is 12.8 Å². The van der Waals surface area contributed by atoms with Crippen molar-refractivity contribution < 1.29 is 9.32 Å². The number of aromatic nitrogens is 3. The molecule has 0 radical (unpaired) electrons. The van der Waals surface area contributed by atoms with Crippen LogP contribution in [0.4, 0.5) is 0 Å². The minimum atomic E-state index is 0.163. The minimum Gasteiger partial charge on any atom is -0.342 e. The number of carbonyl (C=O) groups excluding carboxylic acids is 1. The van der Waals surface area contributed by atoms with E-state index in [9.17, 15) is 4.79 Å². The smallest absolute Gasteiger partial charge is 0.231 e. The predicted octanol–water partition coefficient (Wildman–Crippen LogP) is 3.37. The van der Waals surface area contributed by atoms with Crippen molar-refractivity contribution in [2.75, 3.05) is 13.1 Å². The Labute approximate surface area is 152 Å². The molecular weight excluding hydrogens is 336 g/mol. The van der Waals surface area contributed by atoms with Gasteiger partial charge in [0.15, 0.2) is 5.82 Å². The zero-order chi connectivity index (χ0) is 17.8. The van der Waals surface area contributed by atoms with Crippen molar-refractivity contribution >= 4 is 17.2 Å². The molecule has 1 unspecified atom stereocenters. The Morgan fingerprint density at radius 2 is 2.32 bits per heavy atom. The highest BCUT2D eigenvalue weighted by Crippen LogP contribution is 2.27. The summed E-state index contributed by atoms with van der Waals surface area (Å²) in [4.78, 5) is 24.5. The van der Waals surface area contributed by atoms with Crippen LogP contribution in [-0.4, -0.2) is 39.0 Å². The summed E-state index contributed by atoms with van der Waals surface area (Å²) in [5.74, 6) is 2.33. The van der Waals surface area contributed by atoms with Gasteiger partial charge in [-0.25, -0.2) is 4.98 Å². The van der Waals surface area contributed by atoms with Crippen molar-refractivity contribution in [2.24, 2.45) is 5.92 Å². The van der Waals surface area contributed by atoms with Crippen molar-refractivity contribution in [3.63, 3.8) is 0 Å². The number of piperidine rings is 1. The molecule has 0 saturated carbocycles. The quantitative estimate of drug-likeness (QED) is 0.788. The van der Waals surface area contributed by atoms with Gasteiger partial charge in [-0.05, 0) is 32.1 Å². The molecule has 1 saturated heterocycles. The predicted molar refractivity (Wildman–Crippen MR) is 96.6 cm³/mol. The zero-order valence-corrected chi connectivity index (χ0v) is 16.0. The number of hydrogen-bond donors (Lipinski definition) is 0. The van der Waals surface area contributed by atoms with Gasteiger partial charge in [0.05, 0.1) is 17.1 Å². The van der Waals surface area contributed by atoms with Crippen molar-refractivity contribution in [1.82, 2.24) is 20.0 Å². The molecule has 1 atom stereocenters. The first-order valence-corrected chi connectivity index (χ1v) is 9.90. The van der Waals surface area contributed by atoms with Crippen LogP contribution in [-0.2, 0) is 17.6 Å². The van der Waals surface area contributed by atoms with Crippen LogP contribution < -0.4 is 0 Å². The van der Waals surface area contributed by atoms with Gasteiger partial charge in [0.2, 0.25) is 11.8 Å². The van der Waals surface area contributed by atoms with Gasteiger partial charge in [0.25, 0.3) is 0 Å². The molecule has 3 heterocycles. The van der Waals surface area contributed by atoms with Crippen LogP contribution in [0.15, 0.2) is 10.0 Å². The van der Waals surface area contributed by atoms with E-state index >= 15 is 0 Å². The number of hydrogen-bond acceptors (Lipinski definition) is 6. The first kappa shape index (κ1) is 18.0. The molecule has 0 bridgehead atoms. The lowest BCUT2D eigenvalue weighted by atomic mass is 9.97. The molecule has 0 aromatic carbocycles. The number of nitrogens with zero attached hydrogens (tertiary/aromatic N) is 4. The lowest BCUT2D eigenvalue weighted by molar-refractivity contribution is -0.132. The minimum absolute atomic E-state index is 0.163. The van der Waals surface area contributed by atoms with E-state index in [1.807, 2.05) is 17.3 Å². The number of likely N-dealkylation sites (tertiary alicyclic amines) is 1.